The number of sulfonamides is 1. The van der Waals surface area contributed by atoms with Crippen LogP contribution in [0.25, 0.3) is 0 Å². The lowest BCUT2D eigenvalue weighted by Crippen LogP contribution is -2.49. The molecule has 4 rings (SSSR count). The highest BCUT2D eigenvalue weighted by Crippen LogP contribution is 2.20. The highest BCUT2D eigenvalue weighted by Gasteiger charge is 2.27. The molecule has 1 aliphatic rings. The number of aromatic nitrogens is 3. The maximum atomic E-state index is 12.7. The Hall–Kier alpha value is -2.75. The normalized spacial score (nSPS) is 15.2. The van der Waals surface area contributed by atoms with E-state index in [2.05, 4.69) is 20.5 Å². The van der Waals surface area contributed by atoms with Crippen molar-refractivity contribution in [3.8, 4) is 0 Å². The molecule has 0 unspecified atom stereocenters. The third-order valence-electron chi connectivity index (χ3n) is 4.80. The third-order valence-corrected chi connectivity index (χ3v) is 6.90. The lowest BCUT2D eigenvalue weighted by molar-refractivity contribution is 0.383. The largest absolute Gasteiger partial charge is 0.352 e. The summed E-state index contributed by atoms with van der Waals surface area (Å²) >= 11 is 5.87. The van der Waals surface area contributed by atoms with Gasteiger partial charge in [-0.1, -0.05) is 23.7 Å². The summed E-state index contributed by atoms with van der Waals surface area (Å²) in [4.78, 5) is 6.09. The summed E-state index contributed by atoms with van der Waals surface area (Å²) in [7, 11) is -3.38. The highest BCUT2D eigenvalue weighted by atomic mass is 35.5. The molecule has 10 heteroatoms. The third kappa shape index (κ3) is 5.05. The maximum absolute atomic E-state index is 12.7. The lowest BCUT2D eigenvalue weighted by atomic mass is 10.2. The van der Waals surface area contributed by atoms with Gasteiger partial charge in [0.2, 0.25) is 10.0 Å². The van der Waals surface area contributed by atoms with Gasteiger partial charge in [0.1, 0.15) is 0 Å². The predicted octanol–water partition coefficient (Wildman–Crippen LogP) is 2.92. The Labute approximate surface area is 180 Å². The molecule has 0 spiro atoms. The second kappa shape index (κ2) is 8.95. The van der Waals surface area contributed by atoms with E-state index in [1.807, 2.05) is 29.2 Å². The number of hydrogen-bond acceptors (Lipinski definition) is 7. The van der Waals surface area contributed by atoms with Crippen molar-refractivity contribution < 1.29 is 8.42 Å². The minimum absolute atomic E-state index is 0.0291. The van der Waals surface area contributed by atoms with E-state index in [9.17, 15) is 8.42 Å². The molecule has 0 radical (unpaired) electrons. The number of rotatable bonds is 6. The molecular formula is C20H21ClN6O2S. The van der Waals surface area contributed by atoms with Crippen LogP contribution in [0.4, 0.5) is 17.3 Å². The summed E-state index contributed by atoms with van der Waals surface area (Å²) in [6.07, 6.45) is 3.41. The van der Waals surface area contributed by atoms with Crippen LogP contribution >= 0.6 is 11.6 Å². The molecule has 0 aliphatic carbocycles. The molecule has 0 bridgehead atoms. The molecule has 2 aromatic heterocycles. The molecule has 1 N–H and O–H groups in total. The number of nitrogens with zero attached hydrogens (tertiary/aromatic N) is 5. The Morgan fingerprint density at radius 2 is 1.73 bits per heavy atom. The molecular weight excluding hydrogens is 424 g/mol. The summed E-state index contributed by atoms with van der Waals surface area (Å²) < 4.78 is 27.0. The number of benzene rings is 1. The summed E-state index contributed by atoms with van der Waals surface area (Å²) in [5, 5.41) is 12.2. The van der Waals surface area contributed by atoms with Crippen LogP contribution in [-0.2, 0) is 15.8 Å². The van der Waals surface area contributed by atoms with Crippen LogP contribution in [-0.4, -0.2) is 54.1 Å². The fourth-order valence-electron chi connectivity index (χ4n) is 3.22. The Morgan fingerprint density at radius 3 is 2.37 bits per heavy atom. The van der Waals surface area contributed by atoms with Crippen molar-refractivity contribution in [2.24, 2.45) is 0 Å². The molecule has 3 aromatic rings. The summed E-state index contributed by atoms with van der Waals surface area (Å²) in [5.74, 6) is 1.32. The monoisotopic (exact) mass is 444 g/mol. The van der Waals surface area contributed by atoms with Gasteiger partial charge in [-0.05, 0) is 42.0 Å². The first-order valence-electron chi connectivity index (χ1n) is 9.48. The molecule has 8 nitrogen and oxygen atoms in total. The fraction of sp³-hybridized carbons (Fsp3) is 0.250. The number of nitrogens with one attached hydrogen (secondary N) is 1. The molecule has 1 saturated heterocycles. The Bertz CT molecular complexity index is 1070. The molecule has 1 fully saturated rings. The van der Waals surface area contributed by atoms with Crippen LogP contribution in [0.3, 0.4) is 0 Å². The van der Waals surface area contributed by atoms with E-state index in [4.69, 9.17) is 11.6 Å². The van der Waals surface area contributed by atoms with Gasteiger partial charge in [0.05, 0.1) is 17.6 Å². The van der Waals surface area contributed by atoms with Gasteiger partial charge in [0.25, 0.3) is 0 Å². The molecule has 0 atom stereocenters. The van der Waals surface area contributed by atoms with Crippen molar-refractivity contribution in [3.05, 3.63) is 71.5 Å². The second-order valence-corrected chi connectivity index (χ2v) is 9.32. The first kappa shape index (κ1) is 20.5. The van der Waals surface area contributed by atoms with Crippen molar-refractivity contribution in [2.45, 2.75) is 5.75 Å². The predicted molar refractivity (Wildman–Crippen MR) is 117 cm³/mol. The smallest absolute Gasteiger partial charge is 0.218 e. The number of pyridine rings is 1. The topological polar surface area (TPSA) is 91.3 Å². The summed E-state index contributed by atoms with van der Waals surface area (Å²) in [6.45, 7) is 1.94. The zero-order valence-electron chi connectivity index (χ0n) is 16.1. The van der Waals surface area contributed by atoms with Crippen molar-refractivity contribution >= 4 is 38.9 Å². The van der Waals surface area contributed by atoms with Crippen molar-refractivity contribution in [1.82, 2.24) is 19.5 Å². The Morgan fingerprint density at radius 1 is 0.967 bits per heavy atom. The van der Waals surface area contributed by atoms with Crippen LogP contribution < -0.4 is 10.2 Å². The van der Waals surface area contributed by atoms with Crippen molar-refractivity contribution in [1.29, 1.82) is 0 Å². The minimum atomic E-state index is -3.38. The van der Waals surface area contributed by atoms with Gasteiger partial charge in [0, 0.05) is 37.4 Å². The van der Waals surface area contributed by atoms with Crippen molar-refractivity contribution in [2.75, 3.05) is 36.4 Å². The molecule has 30 heavy (non-hydrogen) atoms. The molecule has 3 heterocycles. The van der Waals surface area contributed by atoms with Gasteiger partial charge < -0.3 is 10.2 Å². The van der Waals surface area contributed by atoms with Crippen molar-refractivity contribution in [3.63, 3.8) is 0 Å². The average molecular weight is 445 g/mol. The van der Waals surface area contributed by atoms with Crippen LogP contribution in [0.5, 0.6) is 0 Å². The molecule has 156 valence electrons. The number of halogens is 1. The lowest BCUT2D eigenvalue weighted by Gasteiger charge is -2.34. The van der Waals surface area contributed by atoms with Gasteiger partial charge in [0.15, 0.2) is 11.6 Å². The maximum Gasteiger partial charge on any atom is 0.218 e. The van der Waals surface area contributed by atoms with Gasteiger partial charge in [-0.25, -0.2) is 8.42 Å². The number of piperazine rings is 1. The highest BCUT2D eigenvalue weighted by molar-refractivity contribution is 7.88. The Balaban J connectivity index is 1.34. The van der Waals surface area contributed by atoms with E-state index in [-0.39, 0.29) is 5.75 Å². The van der Waals surface area contributed by atoms with E-state index in [0.717, 1.165) is 17.1 Å². The van der Waals surface area contributed by atoms with Crippen LogP contribution in [0.15, 0.2) is 60.9 Å². The molecule has 1 aliphatic heterocycles. The quantitative estimate of drug-likeness (QED) is 0.624. The van der Waals surface area contributed by atoms with E-state index < -0.39 is 10.0 Å². The Kier molecular flexibility index (Phi) is 6.12. The minimum Gasteiger partial charge on any atom is -0.352 e. The first-order valence-corrected chi connectivity index (χ1v) is 11.5. The van der Waals surface area contributed by atoms with Gasteiger partial charge in [-0.2, -0.15) is 4.31 Å². The van der Waals surface area contributed by atoms with Crippen LogP contribution in [0.2, 0.25) is 5.02 Å². The molecule has 1 aromatic carbocycles. The fourth-order valence-corrected chi connectivity index (χ4v) is 4.86. The van der Waals surface area contributed by atoms with Gasteiger partial charge in [-0.3, -0.25) is 4.98 Å². The van der Waals surface area contributed by atoms with E-state index >= 15 is 0 Å². The second-order valence-electron chi connectivity index (χ2n) is 6.91. The van der Waals surface area contributed by atoms with E-state index in [0.29, 0.717) is 37.0 Å². The van der Waals surface area contributed by atoms with Crippen LogP contribution in [0, 0.1) is 0 Å². The van der Waals surface area contributed by atoms with Gasteiger partial charge in [-0.15, -0.1) is 10.2 Å². The molecule has 0 saturated carbocycles. The zero-order valence-corrected chi connectivity index (χ0v) is 17.7. The number of hydrogen-bond donors (Lipinski definition) is 1. The van der Waals surface area contributed by atoms with Crippen LogP contribution in [0.1, 0.15) is 5.56 Å². The average Bonchev–Trinajstić information content (AvgIpc) is 2.77. The summed E-state index contributed by atoms with van der Waals surface area (Å²) in [6, 6.07) is 14.4. The zero-order chi connectivity index (χ0) is 21.0. The number of anilines is 3. The molecule has 0 amide bonds. The van der Waals surface area contributed by atoms with E-state index in [1.54, 1.807) is 36.7 Å². The first-order chi connectivity index (χ1) is 14.5. The summed E-state index contributed by atoms with van der Waals surface area (Å²) in [5.41, 5.74) is 1.56. The standard InChI is InChI=1S/C20H21ClN6O2S/c21-17-5-3-16(4-6-17)15-30(28,29)27-12-10-26(11-13-27)20-8-7-19(24-25-20)23-18-2-1-9-22-14-18/h1-9,14H,10-13,15H2,(H,23,24). The van der Waals surface area contributed by atoms with E-state index in [1.165, 1.54) is 4.31 Å². The SMILES string of the molecule is O=S(=O)(Cc1ccc(Cl)cc1)N1CCN(c2ccc(Nc3cccnc3)nn2)CC1. The van der Waals surface area contributed by atoms with Gasteiger partial charge >= 0.3 is 0 Å².